The lowest BCUT2D eigenvalue weighted by atomic mass is 10.1. The van der Waals surface area contributed by atoms with Gasteiger partial charge in [0.05, 0.1) is 6.33 Å². The van der Waals surface area contributed by atoms with E-state index in [-0.39, 0.29) is 5.56 Å². The van der Waals surface area contributed by atoms with Crippen molar-refractivity contribution in [3.63, 3.8) is 0 Å². The first kappa shape index (κ1) is 13.4. The molecule has 1 heterocycles. The maximum absolute atomic E-state index is 11.4. The molecule has 2 N–H and O–H groups in total. The van der Waals surface area contributed by atoms with Gasteiger partial charge >= 0.3 is 0 Å². The molecular weight excluding hydrogens is 365 g/mol. The molecule has 4 nitrogen and oxygen atoms in total. The zero-order valence-electron chi connectivity index (χ0n) is 9.41. The van der Waals surface area contributed by atoms with Gasteiger partial charge in [0.15, 0.2) is 5.82 Å². The average molecular weight is 376 g/mol. The van der Waals surface area contributed by atoms with Crippen molar-refractivity contribution >= 4 is 45.7 Å². The lowest BCUT2D eigenvalue weighted by molar-refractivity contribution is 1.10. The van der Waals surface area contributed by atoms with E-state index in [1.54, 1.807) is 0 Å². The molecule has 0 amide bonds. The minimum absolute atomic E-state index is 0.146. The van der Waals surface area contributed by atoms with Crippen LogP contribution < -0.4 is 10.9 Å². The van der Waals surface area contributed by atoms with Gasteiger partial charge in [-0.1, -0.05) is 12.1 Å². The van der Waals surface area contributed by atoms with E-state index in [4.69, 9.17) is 11.6 Å². The van der Waals surface area contributed by atoms with Gasteiger partial charge in [-0.3, -0.25) is 4.79 Å². The predicted octanol–water partition coefficient (Wildman–Crippen LogP) is 2.90. The number of hydrogen-bond acceptors (Lipinski definition) is 3. The second kappa shape index (κ2) is 6.19. The van der Waals surface area contributed by atoms with E-state index >= 15 is 0 Å². The molecule has 0 aliphatic heterocycles. The molecule has 0 aliphatic rings. The summed E-state index contributed by atoms with van der Waals surface area (Å²) in [6.07, 6.45) is 2.23. The molecule has 1 aromatic carbocycles. The number of nitrogens with one attached hydrogen (secondary N) is 2. The molecule has 0 radical (unpaired) electrons. The lowest BCUT2D eigenvalue weighted by Gasteiger charge is -2.07. The third-order valence-electron chi connectivity index (χ3n) is 2.40. The Hall–Kier alpha value is -1.08. The molecule has 1 aromatic heterocycles. The number of benzene rings is 1. The molecule has 0 fully saturated rings. The van der Waals surface area contributed by atoms with Crippen molar-refractivity contribution < 1.29 is 0 Å². The topological polar surface area (TPSA) is 57.8 Å². The highest BCUT2D eigenvalue weighted by Gasteiger charge is 2.05. The van der Waals surface area contributed by atoms with Crippen LogP contribution in [0.2, 0.25) is 0 Å². The van der Waals surface area contributed by atoms with Crippen LogP contribution in [0.3, 0.4) is 0 Å². The minimum atomic E-state index is -0.146. The van der Waals surface area contributed by atoms with E-state index in [0.29, 0.717) is 15.3 Å². The average Bonchev–Trinajstić information content (AvgIpc) is 2.38. The summed E-state index contributed by atoms with van der Waals surface area (Å²) >= 11 is 7.64. The molecule has 0 aliphatic carbocycles. The summed E-state index contributed by atoms with van der Waals surface area (Å²) < 4.78 is 0.542. The zero-order chi connectivity index (χ0) is 13.0. The smallest absolute Gasteiger partial charge is 0.266 e. The van der Waals surface area contributed by atoms with Crippen LogP contribution in [-0.4, -0.2) is 15.8 Å². The Morgan fingerprint density at radius 2 is 2.06 bits per heavy atom. The molecule has 0 unspecified atom stereocenters. The van der Waals surface area contributed by atoms with Crippen molar-refractivity contribution in [1.29, 1.82) is 0 Å². The standard InChI is InChI=1S/C12H11ClIN3O/c13-6-5-8-1-3-9(4-2-8)17-11-10(14)12(18)16-7-15-11/h1-4,7H,5-6H2,(H2,15,16,17,18). The Kier molecular flexibility index (Phi) is 4.60. The predicted molar refractivity (Wildman–Crippen MR) is 81.7 cm³/mol. The molecule has 6 heteroatoms. The number of H-pyrrole nitrogens is 1. The van der Waals surface area contributed by atoms with E-state index in [1.165, 1.54) is 11.9 Å². The number of alkyl halides is 1. The van der Waals surface area contributed by atoms with Gasteiger partial charge in [0.25, 0.3) is 5.56 Å². The molecule has 2 rings (SSSR count). The van der Waals surface area contributed by atoms with Gasteiger partial charge in [0.1, 0.15) is 3.57 Å². The van der Waals surface area contributed by atoms with Crippen LogP contribution >= 0.6 is 34.2 Å². The quantitative estimate of drug-likeness (QED) is 0.638. The van der Waals surface area contributed by atoms with E-state index in [1.807, 2.05) is 46.9 Å². The number of hydrogen-bond donors (Lipinski definition) is 2. The molecule has 0 bridgehead atoms. The van der Waals surface area contributed by atoms with Crippen LogP contribution in [-0.2, 0) is 6.42 Å². The molecule has 18 heavy (non-hydrogen) atoms. The Labute approximate surface area is 123 Å². The van der Waals surface area contributed by atoms with Crippen molar-refractivity contribution in [3.05, 3.63) is 50.1 Å². The monoisotopic (exact) mass is 375 g/mol. The van der Waals surface area contributed by atoms with Gasteiger partial charge in [0.2, 0.25) is 0 Å². The Morgan fingerprint density at radius 1 is 1.33 bits per heavy atom. The normalized spacial score (nSPS) is 10.3. The van der Waals surface area contributed by atoms with Crippen LogP contribution in [0.4, 0.5) is 11.5 Å². The van der Waals surface area contributed by atoms with E-state index in [0.717, 1.165) is 12.1 Å². The molecular formula is C12H11ClIN3O. The molecule has 0 saturated heterocycles. The lowest BCUT2D eigenvalue weighted by Crippen LogP contribution is -2.12. The number of aryl methyl sites for hydroxylation is 1. The van der Waals surface area contributed by atoms with Gasteiger partial charge < -0.3 is 10.3 Å². The highest BCUT2D eigenvalue weighted by molar-refractivity contribution is 14.1. The second-order valence-corrected chi connectivity index (χ2v) is 5.11. The zero-order valence-corrected chi connectivity index (χ0v) is 12.3. The number of anilines is 2. The van der Waals surface area contributed by atoms with Gasteiger partial charge in [-0.15, -0.1) is 11.6 Å². The summed E-state index contributed by atoms with van der Waals surface area (Å²) in [6.45, 7) is 0. The second-order valence-electron chi connectivity index (χ2n) is 3.66. The highest BCUT2D eigenvalue weighted by atomic mass is 127. The van der Waals surface area contributed by atoms with Crippen molar-refractivity contribution in [1.82, 2.24) is 9.97 Å². The molecule has 2 aromatic rings. The van der Waals surface area contributed by atoms with Crippen LogP contribution in [0.25, 0.3) is 0 Å². The van der Waals surface area contributed by atoms with Crippen LogP contribution in [0.15, 0.2) is 35.4 Å². The number of nitrogens with zero attached hydrogens (tertiary/aromatic N) is 1. The molecule has 0 saturated carbocycles. The van der Waals surface area contributed by atoms with Crippen LogP contribution in [0, 0.1) is 3.57 Å². The maximum atomic E-state index is 11.4. The summed E-state index contributed by atoms with van der Waals surface area (Å²) in [6, 6.07) is 7.90. The SMILES string of the molecule is O=c1[nH]cnc(Nc2ccc(CCCl)cc2)c1I. The van der Waals surface area contributed by atoms with Crippen molar-refractivity contribution in [2.24, 2.45) is 0 Å². The maximum Gasteiger partial charge on any atom is 0.266 e. The first-order valence-corrected chi connectivity index (χ1v) is 6.97. The minimum Gasteiger partial charge on any atom is -0.339 e. The largest absolute Gasteiger partial charge is 0.339 e. The van der Waals surface area contributed by atoms with Crippen molar-refractivity contribution in [3.8, 4) is 0 Å². The Morgan fingerprint density at radius 3 is 2.72 bits per heavy atom. The number of aromatic amines is 1. The summed E-state index contributed by atoms with van der Waals surface area (Å²) in [7, 11) is 0. The van der Waals surface area contributed by atoms with E-state index in [9.17, 15) is 4.79 Å². The molecule has 94 valence electrons. The fraction of sp³-hybridized carbons (Fsp3) is 0.167. The van der Waals surface area contributed by atoms with E-state index < -0.39 is 0 Å². The summed E-state index contributed by atoms with van der Waals surface area (Å²) in [5.74, 6) is 1.17. The number of halogens is 2. The Bertz CT molecular complexity index is 583. The fourth-order valence-electron chi connectivity index (χ4n) is 1.47. The number of aromatic nitrogens is 2. The van der Waals surface area contributed by atoms with Gasteiger partial charge in [0, 0.05) is 11.6 Å². The van der Waals surface area contributed by atoms with Crippen LogP contribution in [0.1, 0.15) is 5.56 Å². The van der Waals surface area contributed by atoms with Gasteiger partial charge in [-0.05, 0) is 46.7 Å². The third-order valence-corrected chi connectivity index (χ3v) is 3.59. The number of rotatable bonds is 4. The molecule has 0 atom stereocenters. The molecule has 0 spiro atoms. The summed E-state index contributed by atoms with van der Waals surface area (Å²) in [4.78, 5) is 18.0. The third kappa shape index (κ3) is 3.23. The van der Waals surface area contributed by atoms with E-state index in [2.05, 4.69) is 15.3 Å². The summed E-state index contributed by atoms with van der Waals surface area (Å²) in [5, 5.41) is 3.11. The first-order chi connectivity index (χ1) is 8.70. The first-order valence-electron chi connectivity index (χ1n) is 5.36. The van der Waals surface area contributed by atoms with Crippen LogP contribution in [0.5, 0.6) is 0 Å². The fourth-order valence-corrected chi connectivity index (χ4v) is 2.12. The summed E-state index contributed by atoms with van der Waals surface area (Å²) in [5.41, 5.74) is 1.93. The highest BCUT2D eigenvalue weighted by Crippen LogP contribution is 2.17. The van der Waals surface area contributed by atoms with Gasteiger partial charge in [-0.25, -0.2) is 4.98 Å². The van der Waals surface area contributed by atoms with Crippen molar-refractivity contribution in [2.45, 2.75) is 6.42 Å². The van der Waals surface area contributed by atoms with Gasteiger partial charge in [-0.2, -0.15) is 0 Å². The van der Waals surface area contributed by atoms with Crippen molar-refractivity contribution in [2.75, 3.05) is 11.2 Å². The Balaban J connectivity index is 2.18.